The summed E-state index contributed by atoms with van der Waals surface area (Å²) in [7, 11) is 0. The summed E-state index contributed by atoms with van der Waals surface area (Å²) < 4.78 is 5.60. The maximum Gasteiger partial charge on any atom is 0.172 e. The predicted molar refractivity (Wildman–Crippen MR) is 111 cm³/mol. The minimum absolute atomic E-state index is 0.00957. The third-order valence-corrected chi connectivity index (χ3v) is 4.48. The molecule has 0 atom stereocenters. The first-order chi connectivity index (χ1) is 14.5. The minimum atomic E-state index is -0.140. The summed E-state index contributed by atoms with van der Waals surface area (Å²) in [5.41, 5.74) is 2.19. The zero-order chi connectivity index (χ0) is 21.1. The quantitative estimate of drug-likeness (QED) is 0.436. The third-order valence-electron chi connectivity index (χ3n) is 4.48. The maximum absolute atomic E-state index is 12.7. The van der Waals surface area contributed by atoms with Crippen molar-refractivity contribution in [1.82, 2.24) is 24.9 Å². The molecule has 1 aromatic carbocycles. The summed E-state index contributed by atoms with van der Waals surface area (Å²) in [4.78, 5) is 44.2. The number of fused-ring (bicyclic) bond motifs is 1. The molecule has 0 spiro atoms. The topological polar surface area (TPSA) is 114 Å². The Bertz CT molecular complexity index is 1190. The van der Waals surface area contributed by atoms with Crippen molar-refractivity contribution in [2.24, 2.45) is 0 Å². The molecule has 8 nitrogen and oxygen atoms in total. The number of ether oxygens (including phenoxy) is 1. The van der Waals surface area contributed by atoms with Crippen LogP contribution >= 0.6 is 0 Å². The molecule has 0 amide bonds. The Kier molecular flexibility index (Phi) is 5.38. The molecule has 0 saturated heterocycles. The van der Waals surface area contributed by atoms with Crippen LogP contribution in [-0.2, 0) is 12.8 Å². The van der Waals surface area contributed by atoms with E-state index in [1.165, 1.54) is 6.20 Å². The molecule has 0 radical (unpaired) electrons. The van der Waals surface area contributed by atoms with Gasteiger partial charge in [-0.1, -0.05) is 6.07 Å². The molecule has 0 bridgehead atoms. The van der Waals surface area contributed by atoms with Crippen LogP contribution in [0.3, 0.4) is 0 Å². The highest BCUT2D eigenvalue weighted by Crippen LogP contribution is 2.20. The second-order valence-electron chi connectivity index (χ2n) is 7.20. The fourth-order valence-electron chi connectivity index (χ4n) is 3.20. The zero-order valence-electron chi connectivity index (χ0n) is 16.7. The summed E-state index contributed by atoms with van der Waals surface area (Å²) in [5.74, 6) is 1.40. The lowest BCUT2D eigenvalue weighted by atomic mass is 10.1. The lowest BCUT2D eigenvalue weighted by Gasteiger charge is -2.09. The van der Waals surface area contributed by atoms with E-state index in [0.29, 0.717) is 39.6 Å². The van der Waals surface area contributed by atoms with E-state index in [4.69, 9.17) is 4.74 Å². The molecule has 3 heterocycles. The molecule has 0 aliphatic carbocycles. The van der Waals surface area contributed by atoms with Crippen LogP contribution < -0.4 is 4.74 Å². The van der Waals surface area contributed by atoms with Gasteiger partial charge in [0.15, 0.2) is 11.6 Å². The van der Waals surface area contributed by atoms with Crippen LogP contribution in [0.2, 0.25) is 0 Å². The number of hydrogen-bond donors (Lipinski definition) is 2. The molecule has 4 aromatic rings. The number of H-pyrrole nitrogens is 2. The molecule has 4 rings (SSSR count). The van der Waals surface area contributed by atoms with Gasteiger partial charge >= 0.3 is 0 Å². The van der Waals surface area contributed by atoms with E-state index in [9.17, 15) is 9.59 Å². The summed E-state index contributed by atoms with van der Waals surface area (Å²) in [6.07, 6.45) is 6.58. The molecule has 152 valence electrons. The van der Waals surface area contributed by atoms with Gasteiger partial charge in [-0.3, -0.25) is 14.6 Å². The van der Waals surface area contributed by atoms with Gasteiger partial charge in [-0.25, -0.2) is 9.97 Å². The van der Waals surface area contributed by atoms with Gasteiger partial charge in [0.1, 0.15) is 17.4 Å². The number of aromatic amines is 2. The summed E-state index contributed by atoms with van der Waals surface area (Å²) in [6, 6.07) is 7.03. The van der Waals surface area contributed by atoms with Gasteiger partial charge in [0, 0.05) is 29.7 Å². The van der Waals surface area contributed by atoms with Crippen LogP contribution in [0, 0.1) is 0 Å². The zero-order valence-corrected chi connectivity index (χ0v) is 16.7. The molecular formula is C22H21N5O3. The van der Waals surface area contributed by atoms with E-state index >= 15 is 0 Å². The number of Topliss-reactive ketones (excluding diaryl/α,β-unsaturated/α-hetero) is 2. The number of aromatic nitrogens is 5. The average Bonchev–Trinajstić information content (AvgIpc) is 3.36. The minimum Gasteiger partial charge on any atom is -0.489 e. The molecule has 3 aromatic heterocycles. The van der Waals surface area contributed by atoms with E-state index in [1.54, 1.807) is 36.8 Å². The highest BCUT2D eigenvalue weighted by atomic mass is 16.5. The number of carbonyl (C=O) groups is 2. The van der Waals surface area contributed by atoms with Crippen molar-refractivity contribution in [2.45, 2.75) is 32.8 Å². The molecule has 8 heteroatoms. The Hall–Kier alpha value is -3.81. The van der Waals surface area contributed by atoms with Crippen molar-refractivity contribution < 1.29 is 14.3 Å². The Balaban J connectivity index is 1.55. The van der Waals surface area contributed by atoms with Gasteiger partial charge in [-0.05, 0) is 32.0 Å². The van der Waals surface area contributed by atoms with Crippen LogP contribution in [0.25, 0.3) is 11.0 Å². The van der Waals surface area contributed by atoms with Crippen LogP contribution in [0.4, 0.5) is 0 Å². The first-order valence-electron chi connectivity index (χ1n) is 9.63. The van der Waals surface area contributed by atoms with Crippen molar-refractivity contribution in [3.8, 4) is 5.75 Å². The van der Waals surface area contributed by atoms with Gasteiger partial charge in [0.2, 0.25) is 0 Å². The van der Waals surface area contributed by atoms with Gasteiger partial charge in [0.25, 0.3) is 0 Å². The van der Waals surface area contributed by atoms with E-state index in [-0.39, 0.29) is 30.5 Å². The number of nitrogens with one attached hydrogen (secondary N) is 2. The van der Waals surface area contributed by atoms with Gasteiger partial charge in [-0.15, -0.1) is 0 Å². The number of ketones is 2. The Labute approximate surface area is 172 Å². The smallest absolute Gasteiger partial charge is 0.172 e. The van der Waals surface area contributed by atoms with Crippen molar-refractivity contribution in [3.05, 3.63) is 71.8 Å². The van der Waals surface area contributed by atoms with Crippen molar-refractivity contribution >= 4 is 22.6 Å². The SMILES string of the molecule is CC(C)Oc1cncc(C(=O)Cc2nc3c(C(=O)Cc4ncc[nH]4)cccc3[nH]2)c1. The van der Waals surface area contributed by atoms with Crippen LogP contribution in [0.5, 0.6) is 5.75 Å². The van der Waals surface area contributed by atoms with E-state index in [2.05, 4.69) is 24.9 Å². The average molecular weight is 403 g/mol. The number of para-hydroxylation sites is 1. The molecule has 0 aliphatic rings. The van der Waals surface area contributed by atoms with E-state index in [0.717, 1.165) is 0 Å². The van der Waals surface area contributed by atoms with Crippen LogP contribution in [-0.4, -0.2) is 42.6 Å². The molecule has 0 aliphatic heterocycles. The Morgan fingerprint density at radius 3 is 2.70 bits per heavy atom. The largest absolute Gasteiger partial charge is 0.489 e. The molecule has 30 heavy (non-hydrogen) atoms. The lowest BCUT2D eigenvalue weighted by Crippen LogP contribution is -2.09. The van der Waals surface area contributed by atoms with Crippen molar-refractivity contribution in [2.75, 3.05) is 0 Å². The van der Waals surface area contributed by atoms with Gasteiger partial charge in [-0.2, -0.15) is 0 Å². The molecule has 2 N–H and O–H groups in total. The fraction of sp³-hybridized carbons (Fsp3) is 0.227. The number of hydrogen-bond acceptors (Lipinski definition) is 6. The second kappa shape index (κ2) is 8.28. The van der Waals surface area contributed by atoms with Crippen LogP contribution in [0.1, 0.15) is 46.2 Å². The summed E-state index contributed by atoms with van der Waals surface area (Å²) >= 11 is 0. The maximum atomic E-state index is 12.7. The van der Waals surface area contributed by atoms with Crippen LogP contribution in [0.15, 0.2) is 49.1 Å². The number of pyridine rings is 1. The normalized spacial score (nSPS) is 11.2. The van der Waals surface area contributed by atoms with Crippen molar-refractivity contribution in [3.63, 3.8) is 0 Å². The molecule has 0 fully saturated rings. The Morgan fingerprint density at radius 1 is 1.10 bits per heavy atom. The van der Waals surface area contributed by atoms with Gasteiger partial charge in [0.05, 0.1) is 36.2 Å². The number of benzene rings is 1. The third kappa shape index (κ3) is 4.27. The second-order valence-corrected chi connectivity index (χ2v) is 7.20. The first-order valence-corrected chi connectivity index (χ1v) is 9.63. The number of carbonyl (C=O) groups excluding carboxylic acids is 2. The molecular weight excluding hydrogens is 382 g/mol. The number of imidazole rings is 2. The molecule has 0 saturated carbocycles. The first kappa shape index (κ1) is 19.5. The highest BCUT2D eigenvalue weighted by Gasteiger charge is 2.17. The number of nitrogens with zero attached hydrogens (tertiary/aromatic N) is 3. The van der Waals surface area contributed by atoms with Gasteiger partial charge < -0.3 is 14.7 Å². The predicted octanol–water partition coefficient (Wildman–Crippen LogP) is 3.32. The number of rotatable bonds is 8. The monoisotopic (exact) mass is 403 g/mol. The lowest BCUT2D eigenvalue weighted by molar-refractivity contribution is 0.0983. The Morgan fingerprint density at radius 2 is 1.93 bits per heavy atom. The standard InChI is InChI=1S/C22H21N5O3/c1-13(2)30-15-8-14(11-23-12-15)18(28)9-21-26-17-5-3-4-16(22(17)27-21)19(29)10-20-24-6-7-25-20/h3-8,11-13H,9-10H2,1-2H3,(H,24,25)(H,26,27). The summed E-state index contributed by atoms with van der Waals surface area (Å²) in [6.45, 7) is 3.82. The van der Waals surface area contributed by atoms with E-state index in [1.807, 2.05) is 19.9 Å². The van der Waals surface area contributed by atoms with E-state index < -0.39 is 0 Å². The molecule has 0 unspecified atom stereocenters. The highest BCUT2D eigenvalue weighted by molar-refractivity contribution is 6.07. The summed E-state index contributed by atoms with van der Waals surface area (Å²) in [5, 5.41) is 0. The van der Waals surface area contributed by atoms with Crippen molar-refractivity contribution in [1.29, 1.82) is 0 Å². The fourth-order valence-corrected chi connectivity index (χ4v) is 3.20.